The van der Waals surface area contributed by atoms with Gasteiger partial charge in [-0.3, -0.25) is 14.7 Å². The molecule has 2 heterocycles. The van der Waals surface area contributed by atoms with Crippen molar-refractivity contribution in [1.82, 2.24) is 4.98 Å². The highest BCUT2D eigenvalue weighted by atomic mass is 35.5. The molecule has 0 spiro atoms. The monoisotopic (exact) mass is 468 g/mol. The lowest BCUT2D eigenvalue weighted by atomic mass is 10.1. The average molecular weight is 469 g/mol. The zero-order valence-electron chi connectivity index (χ0n) is 16.4. The van der Waals surface area contributed by atoms with Crippen molar-refractivity contribution in [3.8, 4) is 11.5 Å². The molecular formula is C23H17ClN2O3S2. The van der Waals surface area contributed by atoms with Gasteiger partial charge < -0.3 is 9.47 Å². The zero-order valence-corrected chi connectivity index (χ0v) is 18.8. The van der Waals surface area contributed by atoms with E-state index >= 15 is 0 Å². The SMILES string of the molecule is COc1cc(/C=C2\SC(=S)N(c3ccc(Cl)cc3)C2=O)ccc1OCc1ccncc1. The van der Waals surface area contributed by atoms with Crippen molar-refractivity contribution in [2.45, 2.75) is 6.61 Å². The number of hydrogen-bond acceptors (Lipinski definition) is 6. The van der Waals surface area contributed by atoms with E-state index in [-0.39, 0.29) is 5.91 Å². The van der Waals surface area contributed by atoms with Crippen molar-refractivity contribution in [2.75, 3.05) is 12.0 Å². The first kappa shape index (κ1) is 21.4. The second-order valence-electron chi connectivity index (χ2n) is 6.55. The van der Waals surface area contributed by atoms with Crippen molar-refractivity contribution in [2.24, 2.45) is 0 Å². The van der Waals surface area contributed by atoms with E-state index in [1.807, 2.05) is 30.3 Å². The third-order valence-corrected chi connectivity index (χ3v) is 6.06. The van der Waals surface area contributed by atoms with E-state index in [4.69, 9.17) is 33.3 Å². The van der Waals surface area contributed by atoms with Crippen LogP contribution in [-0.4, -0.2) is 22.3 Å². The Morgan fingerprint density at radius 1 is 1.10 bits per heavy atom. The van der Waals surface area contributed by atoms with Crippen LogP contribution >= 0.6 is 35.6 Å². The quantitative estimate of drug-likeness (QED) is 0.340. The van der Waals surface area contributed by atoms with Gasteiger partial charge in [-0.1, -0.05) is 41.6 Å². The number of methoxy groups -OCH3 is 1. The standard InChI is InChI=1S/C23H17ClN2O3S2/c1-28-20-12-16(2-7-19(20)29-14-15-8-10-25-11-9-15)13-21-22(27)26(23(30)31-21)18-5-3-17(24)4-6-18/h2-13H,14H2,1H3/b21-13-. The van der Waals surface area contributed by atoms with Crippen LogP contribution in [0.4, 0.5) is 5.69 Å². The number of thioether (sulfide) groups is 1. The number of anilines is 1. The number of halogens is 1. The van der Waals surface area contributed by atoms with Gasteiger partial charge in [0, 0.05) is 17.4 Å². The number of benzene rings is 2. The van der Waals surface area contributed by atoms with Crippen molar-refractivity contribution in [3.63, 3.8) is 0 Å². The third-order valence-electron chi connectivity index (χ3n) is 4.51. The minimum absolute atomic E-state index is 0.172. The van der Waals surface area contributed by atoms with Crippen molar-refractivity contribution in [1.29, 1.82) is 0 Å². The first-order chi connectivity index (χ1) is 15.0. The number of pyridine rings is 1. The Hall–Kier alpha value is -2.87. The van der Waals surface area contributed by atoms with E-state index in [2.05, 4.69) is 4.98 Å². The molecule has 1 aliphatic rings. The Morgan fingerprint density at radius 3 is 2.55 bits per heavy atom. The number of carbonyl (C=O) groups excluding carboxylic acids is 1. The number of rotatable bonds is 6. The van der Waals surface area contributed by atoms with Gasteiger partial charge in [-0.25, -0.2) is 0 Å². The maximum absolute atomic E-state index is 12.9. The lowest BCUT2D eigenvalue weighted by Gasteiger charge is -2.14. The number of amides is 1. The molecule has 1 amide bonds. The summed E-state index contributed by atoms with van der Waals surface area (Å²) in [5.74, 6) is 1.02. The Bertz CT molecular complexity index is 1150. The van der Waals surface area contributed by atoms with Crippen LogP contribution in [0.5, 0.6) is 11.5 Å². The van der Waals surface area contributed by atoms with E-state index in [1.165, 1.54) is 16.7 Å². The molecule has 0 atom stereocenters. The molecule has 2 aromatic carbocycles. The highest BCUT2D eigenvalue weighted by molar-refractivity contribution is 8.27. The summed E-state index contributed by atoms with van der Waals surface area (Å²) in [6.07, 6.45) is 5.24. The van der Waals surface area contributed by atoms with E-state index in [0.29, 0.717) is 38.0 Å². The molecule has 5 nitrogen and oxygen atoms in total. The van der Waals surface area contributed by atoms with Crippen LogP contribution in [0.1, 0.15) is 11.1 Å². The molecule has 31 heavy (non-hydrogen) atoms. The molecule has 0 radical (unpaired) electrons. The van der Waals surface area contributed by atoms with Gasteiger partial charge in [-0.05, 0) is 65.7 Å². The summed E-state index contributed by atoms with van der Waals surface area (Å²) in [4.78, 5) is 19.0. The second-order valence-corrected chi connectivity index (χ2v) is 8.66. The maximum Gasteiger partial charge on any atom is 0.270 e. The van der Waals surface area contributed by atoms with Crippen LogP contribution in [0.3, 0.4) is 0 Å². The summed E-state index contributed by atoms with van der Waals surface area (Å²) in [5.41, 5.74) is 2.50. The third kappa shape index (κ3) is 4.90. The molecule has 156 valence electrons. The van der Waals surface area contributed by atoms with Crippen LogP contribution in [-0.2, 0) is 11.4 Å². The highest BCUT2D eigenvalue weighted by Gasteiger charge is 2.33. The number of carbonyl (C=O) groups is 1. The molecule has 0 N–H and O–H groups in total. The Balaban J connectivity index is 1.53. The summed E-state index contributed by atoms with van der Waals surface area (Å²) < 4.78 is 11.8. The minimum Gasteiger partial charge on any atom is -0.493 e. The van der Waals surface area contributed by atoms with Gasteiger partial charge in [-0.2, -0.15) is 0 Å². The smallest absolute Gasteiger partial charge is 0.270 e. The minimum atomic E-state index is -0.172. The van der Waals surface area contributed by atoms with Crippen LogP contribution in [0.2, 0.25) is 5.02 Å². The number of nitrogens with zero attached hydrogens (tertiary/aromatic N) is 2. The van der Waals surface area contributed by atoms with Gasteiger partial charge >= 0.3 is 0 Å². The predicted molar refractivity (Wildman–Crippen MR) is 129 cm³/mol. The molecule has 0 bridgehead atoms. The summed E-state index contributed by atoms with van der Waals surface area (Å²) in [7, 11) is 1.58. The Labute approximate surface area is 194 Å². The second kappa shape index (κ2) is 9.51. The fraction of sp³-hybridized carbons (Fsp3) is 0.0870. The summed E-state index contributed by atoms with van der Waals surface area (Å²) in [6, 6.07) is 16.3. The van der Waals surface area contributed by atoms with Gasteiger partial charge in [0.1, 0.15) is 6.61 Å². The van der Waals surface area contributed by atoms with Gasteiger partial charge in [-0.15, -0.1) is 0 Å². The molecular weight excluding hydrogens is 452 g/mol. The first-order valence-electron chi connectivity index (χ1n) is 9.28. The van der Waals surface area contributed by atoms with Gasteiger partial charge in [0.15, 0.2) is 15.8 Å². The lowest BCUT2D eigenvalue weighted by Crippen LogP contribution is -2.27. The number of ether oxygens (including phenoxy) is 2. The highest BCUT2D eigenvalue weighted by Crippen LogP contribution is 2.37. The zero-order chi connectivity index (χ0) is 21.8. The summed E-state index contributed by atoms with van der Waals surface area (Å²) in [5, 5.41) is 0.600. The van der Waals surface area contributed by atoms with E-state index < -0.39 is 0 Å². The first-order valence-corrected chi connectivity index (χ1v) is 10.9. The van der Waals surface area contributed by atoms with Crippen LogP contribution in [0.15, 0.2) is 71.9 Å². The molecule has 0 unspecified atom stereocenters. The molecule has 0 saturated carbocycles. The molecule has 3 aromatic rings. The molecule has 0 aliphatic carbocycles. The molecule has 8 heteroatoms. The number of hydrogen-bond donors (Lipinski definition) is 0. The fourth-order valence-electron chi connectivity index (χ4n) is 2.97. The molecule has 1 aliphatic heterocycles. The van der Waals surface area contributed by atoms with Gasteiger partial charge in [0.25, 0.3) is 5.91 Å². The van der Waals surface area contributed by atoms with E-state index in [0.717, 1.165) is 11.1 Å². The lowest BCUT2D eigenvalue weighted by molar-refractivity contribution is -0.113. The van der Waals surface area contributed by atoms with Crippen molar-refractivity contribution >= 4 is 57.6 Å². The van der Waals surface area contributed by atoms with E-state index in [1.54, 1.807) is 49.8 Å². The molecule has 1 aromatic heterocycles. The van der Waals surface area contributed by atoms with Crippen LogP contribution in [0, 0.1) is 0 Å². The van der Waals surface area contributed by atoms with Crippen molar-refractivity contribution < 1.29 is 14.3 Å². The molecule has 1 saturated heterocycles. The number of aromatic nitrogens is 1. The number of thiocarbonyl (C=S) groups is 1. The summed E-state index contributed by atoms with van der Waals surface area (Å²) >= 11 is 12.6. The fourth-order valence-corrected chi connectivity index (χ4v) is 4.39. The van der Waals surface area contributed by atoms with Gasteiger partial charge in [0.2, 0.25) is 0 Å². The molecule has 1 fully saturated rings. The maximum atomic E-state index is 12.9. The topological polar surface area (TPSA) is 51.7 Å². The van der Waals surface area contributed by atoms with E-state index in [9.17, 15) is 4.79 Å². The summed E-state index contributed by atoms with van der Waals surface area (Å²) in [6.45, 7) is 0.401. The Kier molecular flexibility index (Phi) is 6.56. The predicted octanol–water partition coefficient (Wildman–Crippen LogP) is 5.73. The average Bonchev–Trinajstić information content (AvgIpc) is 3.07. The largest absolute Gasteiger partial charge is 0.493 e. The van der Waals surface area contributed by atoms with Crippen LogP contribution < -0.4 is 14.4 Å². The Morgan fingerprint density at radius 2 is 1.84 bits per heavy atom. The van der Waals surface area contributed by atoms with Crippen molar-refractivity contribution in [3.05, 3.63) is 88.0 Å². The molecule has 4 rings (SSSR count). The van der Waals surface area contributed by atoms with Crippen LogP contribution in [0.25, 0.3) is 6.08 Å². The van der Waals surface area contributed by atoms with Gasteiger partial charge in [0.05, 0.1) is 17.7 Å². The normalized spacial score (nSPS) is 14.9.